The molecule has 1 aromatic rings. The van der Waals surface area contributed by atoms with Gasteiger partial charge in [-0.2, -0.15) is 0 Å². The number of benzene rings is 1. The lowest BCUT2D eigenvalue weighted by molar-refractivity contribution is -0.107. The van der Waals surface area contributed by atoms with Gasteiger partial charge in [0.15, 0.2) is 0 Å². The Morgan fingerprint density at radius 3 is 2.73 bits per heavy atom. The molecule has 0 fully saturated rings. The van der Waals surface area contributed by atoms with Gasteiger partial charge in [0.25, 0.3) is 6.43 Å². The van der Waals surface area contributed by atoms with E-state index in [1.807, 2.05) is 0 Å². The van der Waals surface area contributed by atoms with Crippen molar-refractivity contribution in [2.45, 2.75) is 19.3 Å². The smallest absolute Gasteiger partial charge is 0.267 e. The fourth-order valence-corrected chi connectivity index (χ4v) is 1.44. The quantitative estimate of drug-likeness (QED) is 0.704. The van der Waals surface area contributed by atoms with E-state index < -0.39 is 6.43 Å². The van der Waals surface area contributed by atoms with Crippen molar-refractivity contribution in [3.05, 3.63) is 29.3 Å². The highest BCUT2D eigenvalue weighted by atomic mass is 19.3. The zero-order chi connectivity index (χ0) is 11.3. The summed E-state index contributed by atoms with van der Waals surface area (Å²) in [5.74, 6) is 0.189. The number of halogens is 2. The molecule has 0 aliphatic rings. The average Bonchev–Trinajstić information content (AvgIpc) is 2.25. The van der Waals surface area contributed by atoms with Crippen LogP contribution >= 0.6 is 0 Å². The summed E-state index contributed by atoms with van der Waals surface area (Å²) in [7, 11) is 1.35. The molecule has 0 N–H and O–H groups in total. The normalized spacial score (nSPS) is 10.4. The second kappa shape index (κ2) is 5.44. The highest BCUT2D eigenvalue weighted by Gasteiger charge is 2.16. The fourth-order valence-electron chi connectivity index (χ4n) is 1.44. The number of hydrogen-bond acceptors (Lipinski definition) is 2. The third-order valence-electron chi connectivity index (χ3n) is 2.10. The number of methoxy groups -OCH3 is 1. The number of hydrogen-bond donors (Lipinski definition) is 0. The first-order valence-corrected chi connectivity index (χ1v) is 4.58. The maximum Gasteiger partial charge on any atom is 0.267 e. The van der Waals surface area contributed by atoms with Crippen molar-refractivity contribution < 1.29 is 18.3 Å². The van der Waals surface area contributed by atoms with Crippen molar-refractivity contribution in [2.75, 3.05) is 7.11 Å². The van der Waals surface area contributed by atoms with Crippen LogP contribution in [0.25, 0.3) is 0 Å². The molecule has 0 bridgehead atoms. The number of alkyl halides is 2. The molecule has 0 aromatic heterocycles. The average molecular weight is 214 g/mol. The Bertz CT molecular complexity index is 337. The predicted molar refractivity (Wildman–Crippen MR) is 52.3 cm³/mol. The highest BCUT2D eigenvalue weighted by Crippen LogP contribution is 2.32. The first-order valence-electron chi connectivity index (χ1n) is 4.58. The molecule has 0 aliphatic heterocycles. The molecule has 1 rings (SSSR count). The standard InChI is InChI=1S/C11H12F2O2/c1-15-10-8(5-3-7-14)4-2-6-9(10)11(12)13/h2,4,6-7,11H,3,5H2,1H3. The largest absolute Gasteiger partial charge is 0.496 e. The monoisotopic (exact) mass is 214 g/mol. The molecule has 2 nitrogen and oxygen atoms in total. The lowest BCUT2D eigenvalue weighted by atomic mass is 10.0. The first-order chi connectivity index (χ1) is 7.20. The van der Waals surface area contributed by atoms with Crippen molar-refractivity contribution in [1.29, 1.82) is 0 Å². The molecule has 0 saturated heterocycles. The van der Waals surface area contributed by atoms with Gasteiger partial charge in [-0.05, 0) is 18.1 Å². The third-order valence-corrected chi connectivity index (χ3v) is 2.10. The molecule has 0 amide bonds. The van der Waals surface area contributed by atoms with Crippen LogP contribution in [0.4, 0.5) is 8.78 Å². The van der Waals surface area contributed by atoms with Crippen LogP contribution in [-0.4, -0.2) is 13.4 Å². The lowest BCUT2D eigenvalue weighted by Gasteiger charge is -2.11. The highest BCUT2D eigenvalue weighted by molar-refractivity contribution is 5.51. The van der Waals surface area contributed by atoms with E-state index in [1.54, 1.807) is 12.1 Å². The van der Waals surface area contributed by atoms with Gasteiger partial charge in [-0.25, -0.2) is 8.78 Å². The topological polar surface area (TPSA) is 26.3 Å². The molecule has 0 spiro atoms. The zero-order valence-corrected chi connectivity index (χ0v) is 8.37. The van der Waals surface area contributed by atoms with Crippen LogP contribution in [0.5, 0.6) is 5.75 Å². The van der Waals surface area contributed by atoms with Crippen molar-refractivity contribution in [3.63, 3.8) is 0 Å². The van der Waals surface area contributed by atoms with E-state index in [9.17, 15) is 13.6 Å². The van der Waals surface area contributed by atoms with Crippen LogP contribution in [0, 0.1) is 0 Å². The van der Waals surface area contributed by atoms with Gasteiger partial charge in [0.2, 0.25) is 0 Å². The van der Waals surface area contributed by atoms with E-state index >= 15 is 0 Å². The Morgan fingerprint density at radius 1 is 1.47 bits per heavy atom. The summed E-state index contributed by atoms with van der Waals surface area (Å²) in [6.07, 6.45) is -1.07. The molecule has 0 saturated carbocycles. The molecule has 0 aliphatic carbocycles. The Labute approximate surface area is 86.9 Å². The molecule has 15 heavy (non-hydrogen) atoms. The minimum absolute atomic E-state index is 0.124. The van der Waals surface area contributed by atoms with Gasteiger partial charge < -0.3 is 9.53 Å². The van der Waals surface area contributed by atoms with Crippen LogP contribution in [0.15, 0.2) is 18.2 Å². The summed E-state index contributed by atoms with van der Waals surface area (Å²) >= 11 is 0. The molecule has 0 radical (unpaired) electrons. The Morgan fingerprint density at radius 2 is 2.20 bits per heavy atom. The number of ether oxygens (including phenoxy) is 1. The Kier molecular flexibility index (Phi) is 4.21. The molecular weight excluding hydrogens is 202 g/mol. The Balaban J connectivity index is 3.04. The third kappa shape index (κ3) is 2.75. The molecule has 0 heterocycles. The van der Waals surface area contributed by atoms with Crippen LogP contribution < -0.4 is 4.74 Å². The molecule has 1 aromatic carbocycles. The van der Waals surface area contributed by atoms with Crippen LogP contribution in [0.1, 0.15) is 24.0 Å². The predicted octanol–water partition coefficient (Wildman–Crippen LogP) is 2.76. The van der Waals surface area contributed by atoms with Crippen LogP contribution in [-0.2, 0) is 11.2 Å². The molecule has 4 heteroatoms. The summed E-state index contributed by atoms with van der Waals surface area (Å²) in [5, 5.41) is 0. The number of rotatable bonds is 5. The Hall–Kier alpha value is -1.45. The van der Waals surface area contributed by atoms with Crippen LogP contribution in [0.2, 0.25) is 0 Å². The van der Waals surface area contributed by atoms with Gasteiger partial charge in [0, 0.05) is 6.42 Å². The van der Waals surface area contributed by atoms with Gasteiger partial charge in [-0.15, -0.1) is 0 Å². The molecular formula is C11H12F2O2. The molecule has 0 atom stereocenters. The van der Waals surface area contributed by atoms with Crippen molar-refractivity contribution in [3.8, 4) is 5.75 Å². The van der Waals surface area contributed by atoms with E-state index in [0.717, 1.165) is 6.29 Å². The number of aldehydes is 1. The maximum atomic E-state index is 12.6. The summed E-state index contributed by atoms with van der Waals surface area (Å²) in [5.41, 5.74) is 0.517. The van der Waals surface area contributed by atoms with Crippen molar-refractivity contribution >= 4 is 6.29 Å². The summed E-state index contributed by atoms with van der Waals surface area (Å²) in [6, 6.07) is 4.56. The van der Waals surface area contributed by atoms with Gasteiger partial charge in [0.1, 0.15) is 12.0 Å². The number of aryl methyl sites for hydroxylation is 1. The second-order valence-corrected chi connectivity index (χ2v) is 3.05. The minimum Gasteiger partial charge on any atom is -0.496 e. The fraction of sp³-hybridized carbons (Fsp3) is 0.364. The number of para-hydroxylation sites is 1. The van der Waals surface area contributed by atoms with E-state index in [4.69, 9.17) is 4.74 Å². The second-order valence-electron chi connectivity index (χ2n) is 3.05. The number of carbonyl (C=O) groups is 1. The minimum atomic E-state index is -2.56. The summed E-state index contributed by atoms with van der Waals surface area (Å²) < 4.78 is 30.1. The van der Waals surface area contributed by atoms with Crippen LogP contribution in [0.3, 0.4) is 0 Å². The molecule has 0 unspecified atom stereocenters. The van der Waals surface area contributed by atoms with E-state index in [2.05, 4.69) is 0 Å². The first kappa shape index (κ1) is 11.6. The molecule has 82 valence electrons. The van der Waals surface area contributed by atoms with Gasteiger partial charge in [-0.1, -0.05) is 12.1 Å². The summed E-state index contributed by atoms with van der Waals surface area (Å²) in [4.78, 5) is 10.2. The van der Waals surface area contributed by atoms with Gasteiger partial charge in [-0.3, -0.25) is 0 Å². The SMILES string of the molecule is COc1c(CCC=O)cccc1C(F)F. The van der Waals surface area contributed by atoms with E-state index in [0.29, 0.717) is 18.4 Å². The van der Waals surface area contributed by atoms with Crippen molar-refractivity contribution in [1.82, 2.24) is 0 Å². The van der Waals surface area contributed by atoms with Gasteiger partial charge >= 0.3 is 0 Å². The van der Waals surface area contributed by atoms with Gasteiger partial charge in [0.05, 0.1) is 12.7 Å². The zero-order valence-electron chi connectivity index (χ0n) is 8.37. The van der Waals surface area contributed by atoms with E-state index in [1.165, 1.54) is 13.2 Å². The lowest BCUT2D eigenvalue weighted by Crippen LogP contribution is -1.98. The number of carbonyl (C=O) groups excluding carboxylic acids is 1. The maximum absolute atomic E-state index is 12.6. The summed E-state index contributed by atoms with van der Waals surface area (Å²) in [6.45, 7) is 0. The van der Waals surface area contributed by atoms with Crippen molar-refractivity contribution in [2.24, 2.45) is 0 Å². The van der Waals surface area contributed by atoms with E-state index in [-0.39, 0.29) is 11.3 Å².